The molecule has 0 saturated heterocycles. The summed E-state index contributed by atoms with van der Waals surface area (Å²) in [6.07, 6.45) is 3.29. The Bertz CT molecular complexity index is 966. The van der Waals surface area contributed by atoms with Crippen LogP contribution in [0.15, 0.2) is 84.9 Å². The molecule has 0 unspecified atom stereocenters. The van der Waals surface area contributed by atoms with E-state index < -0.39 is 5.97 Å². The van der Waals surface area contributed by atoms with E-state index in [9.17, 15) is 4.79 Å². The Balaban J connectivity index is 1.47. The van der Waals surface area contributed by atoms with Crippen molar-refractivity contribution in [2.75, 3.05) is 13.2 Å². The maximum atomic E-state index is 10.7. The highest BCUT2D eigenvalue weighted by Crippen LogP contribution is 2.27. The highest BCUT2D eigenvalue weighted by Gasteiger charge is 2.05. The summed E-state index contributed by atoms with van der Waals surface area (Å²) in [6, 6.07) is 24.9. The summed E-state index contributed by atoms with van der Waals surface area (Å²) in [4.78, 5) is 10.7. The van der Waals surface area contributed by atoms with E-state index in [0.29, 0.717) is 43.5 Å². The van der Waals surface area contributed by atoms with Crippen molar-refractivity contribution >= 4 is 12.0 Å². The molecule has 5 heteroatoms. The van der Waals surface area contributed by atoms with Gasteiger partial charge in [0, 0.05) is 18.1 Å². The van der Waals surface area contributed by atoms with Gasteiger partial charge >= 0.3 is 5.97 Å². The van der Waals surface area contributed by atoms with Crippen LogP contribution in [0, 0.1) is 0 Å². The van der Waals surface area contributed by atoms with E-state index in [1.54, 1.807) is 0 Å². The van der Waals surface area contributed by atoms with Gasteiger partial charge in [-0.05, 0) is 29.8 Å². The predicted octanol–water partition coefficient (Wildman–Crippen LogP) is 5.21. The Kier molecular flexibility index (Phi) is 7.92. The smallest absolute Gasteiger partial charge is 0.328 e. The van der Waals surface area contributed by atoms with Crippen LogP contribution in [0.3, 0.4) is 0 Å². The average Bonchev–Trinajstić information content (AvgIpc) is 2.78. The fourth-order valence-corrected chi connectivity index (χ4v) is 2.76. The van der Waals surface area contributed by atoms with Gasteiger partial charge < -0.3 is 19.3 Å². The van der Waals surface area contributed by atoms with Gasteiger partial charge in [-0.1, -0.05) is 60.7 Å². The van der Waals surface area contributed by atoms with Gasteiger partial charge in [-0.15, -0.1) is 0 Å². The van der Waals surface area contributed by atoms with E-state index in [4.69, 9.17) is 19.3 Å². The number of rotatable bonds is 11. The molecule has 0 aliphatic carbocycles. The Morgan fingerprint density at radius 2 is 1.30 bits per heavy atom. The number of carbonyl (C=O) groups is 1. The lowest BCUT2D eigenvalue weighted by molar-refractivity contribution is -0.131. The molecule has 3 aromatic rings. The van der Waals surface area contributed by atoms with E-state index in [0.717, 1.165) is 17.2 Å². The van der Waals surface area contributed by atoms with E-state index in [1.807, 2.05) is 78.9 Å². The molecule has 0 aliphatic heterocycles. The number of ether oxygens (including phenoxy) is 3. The Labute approximate surface area is 176 Å². The summed E-state index contributed by atoms with van der Waals surface area (Å²) in [5.74, 6) is 1.04. The maximum absolute atomic E-state index is 10.7. The molecule has 30 heavy (non-hydrogen) atoms. The average molecular weight is 404 g/mol. The standard InChI is InChI=1S/C25H24O5/c26-25(27)16-15-21-11-4-5-12-22(21)28-17-8-18-29-23-13-6-7-14-24(23)30-19-20-9-2-1-3-10-20/h1-7,9-16H,8,17-19H2,(H,26,27)/b16-15+. The number of para-hydroxylation sites is 3. The van der Waals surface area contributed by atoms with Crippen molar-refractivity contribution in [2.45, 2.75) is 13.0 Å². The van der Waals surface area contributed by atoms with Crippen molar-refractivity contribution in [2.24, 2.45) is 0 Å². The van der Waals surface area contributed by atoms with Crippen molar-refractivity contribution in [3.05, 3.63) is 96.1 Å². The lowest BCUT2D eigenvalue weighted by Crippen LogP contribution is -2.06. The van der Waals surface area contributed by atoms with E-state index >= 15 is 0 Å². The zero-order chi connectivity index (χ0) is 21.0. The number of benzene rings is 3. The second kappa shape index (κ2) is 11.3. The van der Waals surface area contributed by atoms with Crippen LogP contribution < -0.4 is 14.2 Å². The van der Waals surface area contributed by atoms with E-state index in [1.165, 1.54) is 6.08 Å². The van der Waals surface area contributed by atoms with Crippen LogP contribution in [0.25, 0.3) is 6.08 Å². The van der Waals surface area contributed by atoms with Crippen molar-refractivity contribution in [1.82, 2.24) is 0 Å². The minimum absolute atomic E-state index is 0.449. The van der Waals surface area contributed by atoms with Crippen molar-refractivity contribution < 1.29 is 24.1 Å². The first-order valence-corrected chi connectivity index (χ1v) is 9.74. The van der Waals surface area contributed by atoms with E-state index in [-0.39, 0.29) is 0 Å². The summed E-state index contributed by atoms with van der Waals surface area (Å²) < 4.78 is 17.6. The molecule has 0 atom stereocenters. The molecule has 0 spiro atoms. The highest BCUT2D eigenvalue weighted by atomic mass is 16.5. The molecule has 154 valence electrons. The Morgan fingerprint density at radius 1 is 0.733 bits per heavy atom. The second-order valence-electron chi connectivity index (χ2n) is 6.48. The summed E-state index contributed by atoms with van der Waals surface area (Å²) in [5, 5.41) is 8.79. The maximum Gasteiger partial charge on any atom is 0.328 e. The topological polar surface area (TPSA) is 65.0 Å². The molecule has 5 nitrogen and oxygen atoms in total. The highest BCUT2D eigenvalue weighted by molar-refractivity contribution is 5.85. The molecule has 0 radical (unpaired) electrons. The van der Waals surface area contributed by atoms with Gasteiger partial charge in [-0.2, -0.15) is 0 Å². The number of carboxylic acid groups (broad SMARTS) is 1. The molecule has 1 N–H and O–H groups in total. The van der Waals surface area contributed by atoms with Gasteiger partial charge in [0.05, 0.1) is 13.2 Å². The molecular formula is C25H24O5. The van der Waals surface area contributed by atoms with Crippen LogP contribution >= 0.6 is 0 Å². The summed E-state index contributed by atoms with van der Waals surface area (Å²) in [6.45, 7) is 1.40. The Hall–Kier alpha value is -3.73. The zero-order valence-corrected chi connectivity index (χ0v) is 16.6. The quantitative estimate of drug-likeness (QED) is 0.351. The van der Waals surface area contributed by atoms with Crippen LogP contribution in [0.5, 0.6) is 17.2 Å². The first kappa shape index (κ1) is 21.0. The lowest BCUT2D eigenvalue weighted by atomic mass is 10.2. The number of hydrogen-bond donors (Lipinski definition) is 1. The molecule has 3 aromatic carbocycles. The number of hydrogen-bond acceptors (Lipinski definition) is 4. The monoisotopic (exact) mass is 404 g/mol. The fraction of sp³-hybridized carbons (Fsp3) is 0.160. The van der Waals surface area contributed by atoms with Gasteiger partial charge in [0.25, 0.3) is 0 Å². The van der Waals surface area contributed by atoms with Gasteiger partial charge in [0.2, 0.25) is 0 Å². The third kappa shape index (κ3) is 6.71. The normalized spacial score (nSPS) is 10.7. The third-order valence-corrected chi connectivity index (χ3v) is 4.21. The fourth-order valence-electron chi connectivity index (χ4n) is 2.76. The molecule has 0 saturated carbocycles. The first-order chi connectivity index (χ1) is 14.7. The van der Waals surface area contributed by atoms with Gasteiger partial charge in [0.15, 0.2) is 11.5 Å². The third-order valence-electron chi connectivity index (χ3n) is 4.21. The number of aliphatic carboxylic acids is 1. The van der Waals surface area contributed by atoms with Gasteiger partial charge in [0.1, 0.15) is 12.4 Å². The second-order valence-corrected chi connectivity index (χ2v) is 6.48. The summed E-state index contributed by atoms with van der Waals surface area (Å²) in [7, 11) is 0. The van der Waals surface area contributed by atoms with Crippen molar-refractivity contribution in [1.29, 1.82) is 0 Å². The molecule has 0 bridgehead atoms. The van der Waals surface area contributed by atoms with Gasteiger partial charge in [-0.3, -0.25) is 0 Å². The van der Waals surface area contributed by atoms with E-state index in [2.05, 4.69) is 0 Å². The van der Waals surface area contributed by atoms with Crippen LogP contribution in [0.4, 0.5) is 0 Å². The number of carboxylic acids is 1. The minimum atomic E-state index is -0.994. The molecule has 3 rings (SSSR count). The van der Waals surface area contributed by atoms with Crippen LogP contribution in [0.2, 0.25) is 0 Å². The molecule has 0 aromatic heterocycles. The first-order valence-electron chi connectivity index (χ1n) is 9.74. The molecule has 0 aliphatic rings. The molecule has 0 fully saturated rings. The zero-order valence-electron chi connectivity index (χ0n) is 16.6. The van der Waals surface area contributed by atoms with Crippen molar-refractivity contribution in [3.63, 3.8) is 0 Å². The largest absolute Gasteiger partial charge is 0.493 e. The molecular weight excluding hydrogens is 380 g/mol. The lowest BCUT2D eigenvalue weighted by Gasteiger charge is -2.13. The van der Waals surface area contributed by atoms with Crippen LogP contribution in [-0.2, 0) is 11.4 Å². The predicted molar refractivity (Wildman–Crippen MR) is 116 cm³/mol. The van der Waals surface area contributed by atoms with Crippen molar-refractivity contribution in [3.8, 4) is 17.2 Å². The van der Waals surface area contributed by atoms with Crippen LogP contribution in [-0.4, -0.2) is 24.3 Å². The van der Waals surface area contributed by atoms with Gasteiger partial charge in [-0.25, -0.2) is 4.79 Å². The summed E-state index contributed by atoms with van der Waals surface area (Å²) >= 11 is 0. The molecule has 0 amide bonds. The summed E-state index contributed by atoms with van der Waals surface area (Å²) in [5.41, 5.74) is 1.82. The SMILES string of the molecule is O=C(O)/C=C/c1ccccc1OCCCOc1ccccc1OCc1ccccc1. The van der Waals surface area contributed by atoms with Crippen LogP contribution in [0.1, 0.15) is 17.5 Å². The minimum Gasteiger partial charge on any atom is -0.493 e. The Morgan fingerprint density at radius 3 is 2.00 bits per heavy atom. The molecule has 0 heterocycles.